The average molecular weight is 178 g/mol. The summed E-state index contributed by atoms with van der Waals surface area (Å²) in [6, 6.07) is 3.88. The Balaban J connectivity index is 1.94. The van der Waals surface area contributed by atoms with Crippen LogP contribution in [0.15, 0.2) is 18.3 Å². The van der Waals surface area contributed by atoms with Gasteiger partial charge in [0.15, 0.2) is 0 Å². The summed E-state index contributed by atoms with van der Waals surface area (Å²) in [5.74, 6) is 0.936. The summed E-state index contributed by atoms with van der Waals surface area (Å²) < 4.78 is 5.72. The lowest BCUT2D eigenvalue weighted by Gasteiger charge is -2.35. The molecule has 2 rings (SSSR count). The van der Waals surface area contributed by atoms with Crippen molar-refractivity contribution in [3.05, 3.63) is 24.0 Å². The third kappa shape index (κ3) is 1.98. The van der Waals surface area contributed by atoms with Crippen LogP contribution < -0.4 is 4.74 Å². The molecule has 0 radical (unpaired) electrons. The van der Waals surface area contributed by atoms with E-state index in [0.29, 0.717) is 6.10 Å². The Bertz CT molecular complexity index is 295. The number of rotatable bonds is 2. The van der Waals surface area contributed by atoms with E-state index in [-0.39, 0.29) is 0 Å². The fourth-order valence-electron chi connectivity index (χ4n) is 1.50. The standard InChI is InChI=1S/C10H14N2O/c1-8-5-9(3-4-11-8)13-10-6-12(2)7-10/h3-5,10H,6-7H2,1-2H3. The minimum absolute atomic E-state index is 0.367. The number of hydrogen-bond acceptors (Lipinski definition) is 3. The predicted octanol–water partition coefficient (Wildman–Crippen LogP) is 1.08. The zero-order chi connectivity index (χ0) is 9.26. The molecule has 0 amide bonds. The molecule has 70 valence electrons. The van der Waals surface area contributed by atoms with Crippen molar-refractivity contribution in [1.29, 1.82) is 0 Å². The van der Waals surface area contributed by atoms with E-state index in [1.54, 1.807) is 6.20 Å². The Labute approximate surface area is 78.3 Å². The quantitative estimate of drug-likeness (QED) is 0.677. The van der Waals surface area contributed by atoms with Crippen LogP contribution in [0.4, 0.5) is 0 Å². The second-order valence-electron chi connectivity index (χ2n) is 3.59. The largest absolute Gasteiger partial charge is 0.488 e. The summed E-state index contributed by atoms with van der Waals surface area (Å²) in [5.41, 5.74) is 1.00. The van der Waals surface area contributed by atoms with Crippen LogP contribution in [0.1, 0.15) is 5.69 Å². The number of nitrogens with zero attached hydrogens (tertiary/aromatic N) is 2. The highest BCUT2D eigenvalue weighted by Gasteiger charge is 2.24. The van der Waals surface area contributed by atoms with Gasteiger partial charge in [-0.2, -0.15) is 0 Å². The maximum atomic E-state index is 5.72. The van der Waals surface area contributed by atoms with Gasteiger partial charge < -0.3 is 4.74 Å². The third-order valence-electron chi connectivity index (χ3n) is 2.20. The smallest absolute Gasteiger partial charge is 0.124 e. The van der Waals surface area contributed by atoms with Gasteiger partial charge in [-0.3, -0.25) is 9.88 Å². The molecular weight excluding hydrogens is 164 g/mol. The normalized spacial score (nSPS) is 18.3. The molecule has 0 unspecified atom stereocenters. The third-order valence-corrected chi connectivity index (χ3v) is 2.20. The lowest BCUT2D eigenvalue weighted by molar-refractivity contribution is 0.0387. The Morgan fingerprint density at radius 1 is 1.54 bits per heavy atom. The van der Waals surface area contributed by atoms with Gasteiger partial charge in [0.1, 0.15) is 11.9 Å². The summed E-state index contributed by atoms with van der Waals surface area (Å²) in [6.07, 6.45) is 2.15. The van der Waals surface area contributed by atoms with Gasteiger partial charge in [-0.1, -0.05) is 0 Å². The number of aromatic nitrogens is 1. The molecule has 2 heterocycles. The van der Waals surface area contributed by atoms with Gasteiger partial charge in [0.25, 0.3) is 0 Å². The average Bonchev–Trinajstić information content (AvgIpc) is 2.01. The van der Waals surface area contributed by atoms with Crippen molar-refractivity contribution in [2.75, 3.05) is 20.1 Å². The van der Waals surface area contributed by atoms with Gasteiger partial charge in [0, 0.05) is 31.0 Å². The molecule has 13 heavy (non-hydrogen) atoms. The van der Waals surface area contributed by atoms with Crippen LogP contribution >= 0.6 is 0 Å². The van der Waals surface area contributed by atoms with Crippen LogP contribution in [0.3, 0.4) is 0 Å². The summed E-state index contributed by atoms with van der Waals surface area (Å²) in [4.78, 5) is 6.35. The van der Waals surface area contributed by atoms with E-state index in [1.807, 2.05) is 19.1 Å². The molecule has 0 saturated carbocycles. The first kappa shape index (κ1) is 8.51. The van der Waals surface area contributed by atoms with Crippen molar-refractivity contribution in [1.82, 2.24) is 9.88 Å². The van der Waals surface area contributed by atoms with E-state index in [1.165, 1.54) is 0 Å². The second-order valence-corrected chi connectivity index (χ2v) is 3.59. The molecule has 0 bridgehead atoms. The van der Waals surface area contributed by atoms with E-state index in [9.17, 15) is 0 Å². The molecule has 1 aliphatic rings. The number of pyridine rings is 1. The zero-order valence-electron chi connectivity index (χ0n) is 8.03. The molecule has 1 aromatic rings. The van der Waals surface area contributed by atoms with E-state index < -0.39 is 0 Å². The molecule has 0 spiro atoms. The van der Waals surface area contributed by atoms with E-state index in [2.05, 4.69) is 16.9 Å². The van der Waals surface area contributed by atoms with Gasteiger partial charge in [-0.15, -0.1) is 0 Å². The first-order valence-corrected chi connectivity index (χ1v) is 4.52. The van der Waals surface area contributed by atoms with Crippen LogP contribution in [0.25, 0.3) is 0 Å². The van der Waals surface area contributed by atoms with E-state index in [4.69, 9.17) is 4.74 Å². The lowest BCUT2D eigenvalue weighted by atomic mass is 10.2. The maximum Gasteiger partial charge on any atom is 0.124 e. The van der Waals surface area contributed by atoms with Crippen molar-refractivity contribution >= 4 is 0 Å². The summed E-state index contributed by atoms with van der Waals surface area (Å²) in [7, 11) is 2.09. The van der Waals surface area contributed by atoms with E-state index in [0.717, 1.165) is 24.5 Å². The Morgan fingerprint density at radius 2 is 2.31 bits per heavy atom. The van der Waals surface area contributed by atoms with Crippen molar-refractivity contribution in [3.63, 3.8) is 0 Å². The molecule has 0 aliphatic carbocycles. The van der Waals surface area contributed by atoms with Crippen LogP contribution in [0.5, 0.6) is 5.75 Å². The molecule has 0 aromatic carbocycles. The van der Waals surface area contributed by atoms with Gasteiger partial charge in [-0.25, -0.2) is 0 Å². The Kier molecular flexibility index (Phi) is 2.19. The van der Waals surface area contributed by atoms with Crippen molar-refractivity contribution < 1.29 is 4.74 Å². The summed E-state index contributed by atoms with van der Waals surface area (Å²) >= 11 is 0. The minimum atomic E-state index is 0.367. The first-order valence-electron chi connectivity index (χ1n) is 4.52. The van der Waals surface area contributed by atoms with Gasteiger partial charge >= 0.3 is 0 Å². The van der Waals surface area contributed by atoms with Crippen molar-refractivity contribution in [3.8, 4) is 5.75 Å². The first-order chi connectivity index (χ1) is 6.24. The number of likely N-dealkylation sites (N-methyl/N-ethyl adjacent to an activating group) is 1. The summed E-state index contributed by atoms with van der Waals surface area (Å²) in [5, 5.41) is 0. The van der Waals surface area contributed by atoms with Crippen LogP contribution in [0.2, 0.25) is 0 Å². The van der Waals surface area contributed by atoms with Crippen LogP contribution in [-0.2, 0) is 0 Å². The molecule has 0 atom stereocenters. The van der Waals surface area contributed by atoms with Gasteiger partial charge in [0.05, 0.1) is 0 Å². The fourth-order valence-corrected chi connectivity index (χ4v) is 1.50. The monoisotopic (exact) mass is 178 g/mol. The Hall–Kier alpha value is -1.09. The molecule has 3 heteroatoms. The molecular formula is C10H14N2O. The predicted molar refractivity (Wildman–Crippen MR) is 50.9 cm³/mol. The highest BCUT2D eigenvalue weighted by Crippen LogP contribution is 2.16. The molecule has 1 fully saturated rings. The molecule has 1 aromatic heterocycles. The SMILES string of the molecule is Cc1cc(OC2CN(C)C2)ccn1. The lowest BCUT2D eigenvalue weighted by Crippen LogP contribution is -2.51. The van der Waals surface area contributed by atoms with Crippen molar-refractivity contribution in [2.24, 2.45) is 0 Å². The molecule has 3 nitrogen and oxygen atoms in total. The molecule has 1 aliphatic heterocycles. The van der Waals surface area contributed by atoms with Crippen LogP contribution in [0, 0.1) is 6.92 Å². The minimum Gasteiger partial charge on any atom is -0.488 e. The fraction of sp³-hybridized carbons (Fsp3) is 0.500. The van der Waals surface area contributed by atoms with Crippen molar-refractivity contribution in [2.45, 2.75) is 13.0 Å². The molecule has 0 N–H and O–H groups in total. The van der Waals surface area contributed by atoms with E-state index >= 15 is 0 Å². The second kappa shape index (κ2) is 3.34. The van der Waals surface area contributed by atoms with Gasteiger partial charge in [-0.05, 0) is 20.0 Å². The molecule has 1 saturated heterocycles. The highest BCUT2D eigenvalue weighted by molar-refractivity contribution is 5.22. The van der Waals surface area contributed by atoms with Crippen LogP contribution in [-0.4, -0.2) is 36.1 Å². The zero-order valence-corrected chi connectivity index (χ0v) is 8.03. The summed E-state index contributed by atoms with van der Waals surface area (Å²) in [6.45, 7) is 4.03. The number of likely N-dealkylation sites (tertiary alicyclic amines) is 1. The number of ether oxygens (including phenoxy) is 1. The maximum absolute atomic E-state index is 5.72. The topological polar surface area (TPSA) is 25.4 Å². The Morgan fingerprint density at radius 3 is 2.92 bits per heavy atom. The number of aryl methyl sites for hydroxylation is 1. The highest BCUT2D eigenvalue weighted by atomic mass is 16.5. The van der Waals surface area contributed by atoms with Gasteiger partial charge in [0.2, 0.25) is 0 Å². The number of hydrogen-bond donors (Lipinski definition) is 0.